The van der Waals surface area contributed by atoms with Crippen LogP contribution >= 0.6 is 0 Å². The molecule has 0 aliphatic heterocycles. The Morgan fingerprint density at radius 1 is 1.10 bits per heavy atom. The summed E-state index contributed by atoms with van der Waals surface area (Å²) in [5.41, 5.74) is 9.58. The highest BCUT2D eigenvalue weighted by Gasteiger charge is 2.17. The minimum absolute atomic E-state index is 0.181. The maximum Gasteiger partial charge on any atom is 0.272 e. The van der Waals surface area contributed by atoms with Crippen molar-refractivity contribution in [1.29, 1.82) is 0 Å². The molecular formula is C25H27N3O. The monoisotopic (exact) mass is 385 g/mol. The van der Waals surface area contributed by atoms with Crippen molar-refractivity contribution < 1.29 is 4.79 Å². The van der Waals surface area contributed by atoms with Gasteiger partial charge < -0.3 is 0 Å². The highest BCUT2D eigenvalue weighted by molar-refractivity contribution is 6.07. The summed E-state index contributed by atoms with van der Waals surface area (Å²) < 4.78 is 0. The molecule has 4 rings (SSSR count). The Morgan fingerprint density at radius 2 is 1.93 bits per heavy atom. The van der Waals surface area contributed by atoms with Crippen LogP contribution in [0.5, 0.6) is 0 Å². The van der Waals surface area contributed by atoms with Crippen molar-refractivity contribution in [2.45, 2.75) is 46.5 Å². The van der Waals surface area contributed by atoms with Gasteiger partial charge in [-0.05, 0) is 74.8 Å². The highest BCUT2D eigenvalue weighted by Crippen LogP contribution is 2.26. The van der Waals surface area contributed by atoms with Crippen molar-refractivity contribution >= 4 is 22.5 Å². The van der Waals surface area contributed by atoms with Crippen molar-refractivity contribution in [3.05, 3.63) is 65.2 Å². The van der Waals surface area contributed by atoms with Gasteiger partial charge in [0.1, 0.15) is 0 Å². The van der Waals surface area contributed by atoms with Crippen LogP contribution in [-0.4, -0.2) is 16.6 Å². The third-order valence-electron chi connectivity index (χ3n) is 5.83. The molecule has 1 unspecified atom stereocenters. The van der Waals surface area contributed by atoms with Crippen LogP contribution in [-0.2, 0) is 0 Å². The fourth-order valence-corrected chi connectivity index (χ4v) is 3.96. The Labute approximate surface area is 172 Å². The number of carbonyl (C=O) groups excluding carboxylic acids is 1. The molecule has 1 amide bonds. The van der Waals surface area contributed by atoms with E-state index in [1.165, 1.54) is 17.5 Å². The third kappa shape index (κ3) is 4.21. The maximum absolute atomic E-state index is 13.0. The Morgan fingerprint density at radius 3 is 2.72 bits per heavy atom. The van der Waals surface area contributed by atoms with Crippen LogP contribution in [0.3, 0.4) is 0 Å². The Bertz CT molecular complexity index is 1100. The molecule has 29 heavy (non-hydrogen) atoms. The van der Waals surface area contributed by atoms with Gasteiger partial charge in [0.15, 0.2) is 0 Å². The Hall–Kier alpha value is -3.01. The summed E-state index contributed by atoms with van der Waals surface area (Å²) in [7, 11) is 0. The molecule has 0 bridgehead atoms. The zero-order valence-corrected chi connectivity index (χ0v) is 17.3. The lowest BCUT2D eigenvalue weighted by atomic mass is 9.89. The Kier molecular flexibility index (Phi) is 5.43. The number of para-hydroxylation sites is 1. The molecular weight excluding hydrogens is 358 g/mol. The number of aromatic nitrogens is 1. The van der Waals surface area contributed by atoms with E-state index in [9.17, 15) is 4.79 Å². The van der Waals surface area contributed by atoms with E-state index < -0.39 is 0 Å². The van der Waals surface area contributed by atoms with E-state index in [1.54, 1.807) is 0 Å². The SMILES string of the molecule is Cc1ccc(-c2cc(C(=O)N/N=C3/CCCC(C)C3)c3ccccc3n2)cc1C. The molecule has 4 nitrogen and oxygen atoms in total. The minimum atomic E-state index is -0.181. The third-order valence-corrected chi connectivity index (χ3v) is 5.83. The molecule has 0 saturated heterocycles. The summed E-state index contributed by atoms with van der Waals surface area (Å²) >= 11 is 0. The van der Waals surface area contributed by atoms with Gasteiger partial charge in [-0.15, -0.1) is 0 Å². The number of hydrazone groups is 1. The number of carbonyl (C=O) groups is 1. The first kappa shape index (κ1) is 19.3. The quantitative estimate of drug-likeness (QED) is 0.578. The predicted octanol–water partition coefficient (Wildman–Crippen LogP) is 5.81. The lowest BCUT2D eigenvalue weighted by Crippen LogP contribution is -2.22. The summed E-state index contributed by atoms with van der Waals surface area (Å²) in [5, 5.41) is 5.28. The zero-order valence-electron chi connectivity index (χ0n) is 17.3. The molecule has 1 fully saturated rings. The molecule has 1 N–H and O–H groups in total. The van der Waals surface area contributed by atoms with Crippen LogP contribution in [0, 0.1) is 19.8 Å². The maximum atomic E-state index is 13.0. The molecule has 1 saturated carbocycles. The molecule has 2 aromatic carbocycles. The van der Waals surface area contributed by atoms with Gasteiger partial charge in [-0.3, -0.25) is 4.79 Å². The Balaban J connectivity index is 1.71. The zero-order chi connectivity index (χ0) is 20.4. The van der Waals surface area contributed by atoms with Crippen molar-refractivity contribution in [3.63, 3.8) is 0 Å². The number of rotatable bonds is 3. The molecule has 3 aromatic rings. The first-order valence-electron chi connectivity index (χ1n) is 10.3. The van der Waals surface area contributed by atoms with E-state index in [0.29, 0.717) is 11.5 Å². The largest absolute Gasteiger partial charge is 0.272 e. The number of hydrogen-bond acceptors (Lipinski definition) is 3. The number of benzene rings is 2. The van der Waals surface area contributed by atoms with Gasteiger partial charge >= 0.3 is 0 Å². The van der Waals surface area contributed by atoms with Crippen LogP contribution in [0.4, 0.5) is 0 Å². The van der Waals surface area contributed by atoms with Crippen LogP contribution in [0.15, 0.2) is 53.6 Å². The van der Waals surface area contributed by atoms with Crippen molar-refractivity contribution in [3.8, 4) is 11.3 Å². The first-order chi connectivity index (χ1) is 14.0. The molecule has 1 atom stereocenters. The van der Waals surface area contributed by atoms with Gasteiger partial charge in [0.05, 0.1) is 16.8 Å². The summed E-state index contributed by atoms with van der Waals surface area (Å²) in [6, 6.07) is 15.9. The average Bonchev–Trinajstić information content (AvgIpc) is 2.73. The number of hydrogen-bond donors (Lipinski definition) is 1. The molecule has 0 radical (unpaired) electrons. The second-order valence-electron chi connectivity index (χ2n) is 8.19. The molecule has 4 heteroatoms. The highest BCUT2D eigenvalue weighted by atomic mass is 16.2. The van der Waals surface area contributed by atoms with Crippen molar-refractivity contribution in [1.82, 2.24) is 10.4 Å². The fraction of sp³-hybridized carbons (Fsp3) is 0.320. The summed E-state index contributed by atoms with van der Waals surface area (Å²) in [6.45, 7) is 6.43. The van der Waals surface area contributed by atoms with E-state index in [2.05, 4.69) is 49.5 Å². The van der Waals surface area contributed by atoms with Crippen LogP contribution in [0.1, 0.15) is 54.1 Å². The minimum Gasteiger partial charge on any atom is -0.267 e. The molecule has 0 spiro atoms. The summed E-state index contributed by atoms with van der Waals surface area (Å²) in [5.74, 6) is 0.456. The van der Waals surface area contributed by atoms with E-state index >= 15 is 0 Å². The number of aryl methyl sites for hydroxylation is 2. The average molecular weight is 386 g/mol. The van der Waals surface area contributed by atoms with Crippen molar-refractivity contribution in [2.75, 3.05) is 0 Å². The second-order valence-corrected chi connectivity index (χ2v) is 8.19. The number of pyridine rings is 1. The van der Waals surface area contributed by atoms with Gasteiger partial charge in [-0.2, -0.15) is 5.10 Å². The molecule has 1 aliphatic carbocycles. The molecule has 148 valence electrons. The number of amides is 1. The van der Waals surface area contributed by atoms with Crippen LogP contribution in [0.2, 0.25) is 0 Å². The number of nitrogens with one attached hydrogen (secondary N) is 1. The molecule has 1 aliphatic rings. The molecule has 1 heterocycles. The lowest BCUT2D eigenvalue weighted by Gasteiger charge is -2.19. The van der Waals surface area contributed by atoms with Crippen LogP contribution in [0.25, 0.3) is 22.2 Å². The number of fused-ring (bicyclic) bond motifs is 1. The van der Waals surface area contributed by atoms with Gasteiger partial charge in [-0.1, -0.05) is 37.3 Å². The second kappa shape index (κ2) is 8.16. The number of nitrogens with zero attached hydrogens (tertiary/aromatic N) is 2. The smallest absolute Gasteiger partial charge is 0.267 e. The van der Waals surface area contributed by atoms with E-state index in [-0.39, 0.29) is 5.91 Å². The lowest BCUT2D eigenvalue weighted by molar-refractivity contribution is 0.0956. The van der Waals surface area contributed by atoms with Crippen LogP contribution < -0.4 is 5.43 Å². The van der Waals surface area contributed by atoms with E-state index in [4.69, 9.17) is 4.98 Å². The van der Waals surface area contributed by atoms with Gasteiger partial charge in [0.25, 0.3) is 5.91 Å². The van der Waals surface area contributed by atoms with Gasteiger partial charge in [-0.25, -0.2) is 10.4 Å². The first-order valence-corrected chi connectivity index (χ1v) is 10.3. The van der Waals surface area contributed by atoms with Gasteiger partial charge in [0, 0.05) is 16.7 Å². The standard InChI is InChI=1S/C25H27N3O/c1-16-7-6-8-20(13-16)27-28-25(29)22-15-24(19-12-11-17(2)18(3)14-19)26-23-10-5-4-9-21(22)23/h4-5,9-12,14-16H,6-8,13H2,1-3H3,(H,28,29)/b27-20-. The fourth-order valence-electron chi connectivity index (χ4n) is 3.96. The summed E-state index contributed by atoms with van der Waals surface area (Å²) in [4.78, 5) is 17.8. The van der Waals surface area contributed by atoms with Gasteiger partial charge in [0.2, 0.25) is 0 Å². The van der Waals surface area contributed by atoms with E-state index in [0.717, 1.165) is 47.1 Å². The normalized spacial score (nSPS) is 18.2. The topological polar surface area (TPSA) is 54.4 Å². The van der Waals surface area contributed by atoms with Crippen molar-refractivity contribution in [2.24, 2.45) is 11.0 Å². The molecule has 1 aromatic heterocycles. The summed E-state index contributed by atoms with van der Waals surface area (Å²) in [6.07, 6.45) is 4.31. The van der Waals surface area contributed by atoms with E-state index in [1.807, 2.05) is 30.3 Å². The predicted molar refractivity (Wildman–Crippen MR) is 119 cm³/mol.